The summed E-state index contributed by atoms with van der Waals surface area (Å²) in [5.74, 6) is 0.467. The van der Waals surface area contributed by atoms with E-state index in [-0.39, 0.29) is 5.78 Å². The minimum Gasteiger partial charge on any atom is -0.326 e. The third-order valence-corrected chi connectivity index (χ3v) is 6.32. The Morgan fingerprint density at radius 1 is 1.06 bits per heavy atom. The molecule has 0 fully saturated rings. The fraction of sp³-hybridized carbons (Fsp3) is 0.269. The molecule has 0 bridgehead atoms. The molecule has 2 N–H and O–H groups in total. The number of ketones is 1. The zero-order valence-corrected chi connectivity index (χ0v) is 19.2. The minimum atomic E-state index is -0.0194. The van der Waals surface area contributed by atoms with Crippen LogP contribution in [-0.4, -0.2) is 15.8 Å². The van der Waals surface area contributed by atoms with Gasteiger partial charge in [0, 0.05) is 35.5 Å². The van der Waals surface area contributed by atoms with E-state index in [1.54, 1.807) is 6.92 Å². The topological polar surface area (TPSA) is 68.9 Å². The average Bonchev–Trinajstić information content (AvgIpc) is 3.23. The van der Waals surface area contributed by atoms with Gasteiger partial charge in [0.15, 0.2) is 5.78 Å². The van der Waals surface area contributed by atoms with Crippen LogP contribution in [0.3, 0.4) is 0 Å². The molecule has 0 saturated carbocycles. The molecule has 0 unspecified atom stereocenters. The first kappa shape index (κ1) is 21.3. The minimum absolute atomic E-state index is 0.0194. The number of aryl methyl sites for hydroxylation is 1. The van der Waals surface area contributed by atoms with Gasteiger partial charge in [-0.05, 0) is 54.2 Å². The van der Waals surface area contributed by atoms with Crippen LogP contribution >= 0.6 is 11.3 Å². The number of aromatic nitrogens is 2. The van der Waals surface area contributed by atoms with Crippen molar-refractivity contribution in [3.05, 3.63) is 70.4 Å². The van der Waals surface area contributed by atoms with Crippen LogP contribution in [0.2, 0.25) is 0 Å². The molecule has 0 spiro atoms. The first-order valence-electron chi connectivity index (χ1n) is 10.6. The van der Waals surface area contributed by atoms with Gasteiger partial charge >= 0.3 is 0 Å². The second-order valence-electron chi connectivity index (χ2n) is 8.41. The molecule has 31 heavy (non-hydrogen) atoms. The Morgan fingerprint density at radius 3 is 2.39 bits per heavy atom. The van der Waals surface area contributed by atoms with Gasteiger partial charge in [-0.25, -0.2) is 4.98 Å². The summed E-state index contributed by atoms with van der Waals surface area (Å²) in [7, 11) is 0. The van der Waals surface area contributed by atoms with Gasteiger partial charge < -0.3 is 5.73 Å². The maximum atomic E-state index is 11.7. The van der Waals surface area contributed by atoms with Crippen LogP contribution in [0.5, 0.6) is 0 Å². The summed E-state index contributed by atoms with van der Waals surface area (Å²) in [5.41, 5.74) is 14.4. The van der Waals surface area contributed by atoms with Crippen molar-refractivity contribution >= 4 is 28.0 Å². The fourth-order valence-corrected chi connectivity index (χ4v) is 4.74. The zero-order chi connectivity index (χ0) is 22.1. The van der Waals surface area contributed by atoms with Gasteiger partial charge in [0.25, 0.3) is 0 Å². The standard InChI is InChI=1S/C26H27N3OS/c1-15(2)11-23-21(13-27)25(18-7-5-16(3)6-8-18)20-12-19(9-10-22(20)28-23)26-29-24(14-31-26)17(4)30/h5-10,12,14-15H,11,13,27H2,1-4H3. The summed E-state index contributed by atoms with van der Waals surface area (Å²) in [6.45, 7) is 8.48. The van der Waals surface area contributed by atoms with Crippen molar-refractivity contribution in [2.45, 2.75) is 40.7 Å². The molecule has 0 amide bonds. The highest BCUT2D eigenvalue weighted by Gasteiger charge is 2.18. The first-order valence-corrected chi connectivity index (χ1v) is 11.4. The predicted molar refractivity (Wildman–Crippen MR) is 129 cm³/mol. The lowest BCUT2D eigenvalue weighted by molar-refractivity contribution is 0.101. The van der Waals surface area contributed by atoms with E-state index in [1.807, 2.05) is 11.4 Å². The summed E-state index contributed by atoms with van der Waals surface area (Å²) in [4.78, 5) is 21.2. The van der Waals surface area contributed by atoms with Crippen molar-refractivity contribution < 1.29 is 4.79 Å². The van der Waals surface area contributed by atoms with Crippen LogP contribution < -0.4 is 5.73 Å². The maximum absolute atomic E-state index is 11.7. The number of fused-ring (bicyclic) bond motifs is 1. The molecule has 158 valence electrons. The van der Waals surface area contributed by atoms with E-state index in [0.29, 0.717) is 18.2 Å². The van der Waals surface area contributed by atoms with Gasteiger partial charge in [0.1, 0.15) is 10.7 Å². The molecule has 0 aliphatic carbocycles. The summed E-state index contributed by atoms with van der Waals surface area (Å²) >= 11 is 1.49. The third kappa shape index (κ3) is 4.29. The number of rotatable bonds is 6. The van der Waals surface area contributed by atoms with Gasteiger partial charge in [-0.3, -0.25) is 9.78 Å². The van der Waals surface area contributed by atoms with Crippen LogP contribution in [0.15, 0.2) is 47.8 Å². The molecule has 4 nitrogen and oxygen atoms in total. The number of Topliss-reactive ketones (excluding diaryl/α,β-unsaturated/α-hetero) is 1. The lowest BCUT2D eigenvalue weighted by Gasteiger charge is -2.18. The van der Waals surface area contributed by atoms with Crippen molar-refractivity contribution in [3.8, 4) is 21.7 Å². The predicted octanol–water partition coefficient (Wildman–Crippen LogP) is 6.19. The molecular weight excluding hydrogens is 402 g/mol. The van der Waals surface area contributed by atoms with E-state index in [4.69, 9.17) is 10.7 Å². The molecule has 0 radical (unpaired) electrons. The van der Waals surface area contributed by atoms with Crippen molar-refractivity contribution in [1.29, 1.82) is 0 Å². The Bertz CT molecular complexity index is 1260. The lowest BCUT2D eigenvalue weighted by Crippen LogP contribution is -2.10. The summed E-state index contributed by atoms with van der Waals surface area (Å²) in [6.07, 6.45) is 0.886. The van der Waals surface area contributed by atoms with Crippen molar-refractivity contribution in [2.24, 2.45) is 11.7 Å². The van der Waals surface area contributed by atoms with Crippen LogP contribution in [0.25, 0.3) is 32.6 Å². The number of carbonyl (C=O) groups is 1. The molecular formula is C26H27N3OS. The Kier molecular flexibility index (Phi) is 5.99. The van der Waals surface area contributed by atoms with E-state index in [0.717, 1.165) is 50.3 Å². The quantitative estimate of drug-likeness (QED) is 0.371. The number of hydrogen-bond donors (Lipinski definition) is 1. The normalized spacial score (nSPS) is 11.4. The third-order valence-electron chi connectivity index (χ3n) is 5.43. The summed E-state index contributed by atoms with van der Waals surface area (Å²) in [6, 6.07) is 14.8. The molecule has 0 aliphatic heterocycles. The number of benzene rings is 2. The van der Waals surface area contributed by atoms with Crippen molar-refractivity contribution in [3.63, 3.8) is 0 Å². The van der Waals surface area contributed by atoms with Crippen LogP contribution in [0.4, 0.5) is 0 Å². The monoisotopic (exact) mass is 429 g/mol. The number of nitrogens with two attached hydrogens (primary N) is 1. The highest BCUT2D eigenvalue weighted by atomic mass is 32.1. The Morgan fingerprint density at radius 2 is 1.77 bits per heavy atom. The highest BCUT2D eigenvalue weighted by molar-refractivity contribution is 7.13. The Balaban J connectivity index is 1.99. The van der Waals surface area contributed by atoms with E-state index >= 15 is 0 Å². The van der Waals surface area contributed by atoms with Crippen molar-refractivity contribution in [2.75, 3.05) is 0 Å². The van der Waals surface area contributed by atoms with Crippen LogP contribution in [0.1, 0.15) is 48.1 Å². The molecule has 5 heteroatoms. The molecule has 4 rings (SSSR count). The average molecular weight is 430 g/mol. The number of nitrogens with zero attached hydrogens (tertiary/aromatic N) is 2. The molecule has 2 heterocycles. The number of carbonyl (C=O) groups excluding carboxylic acids is 1. The number of thiazole rings is 1. The van der Waals surface area contributed by atoms with Crippen LogP contribution in [-0.2, 0) is 13.0 Å². The zero-order valence-electron chi connectivity index (χ0n) is 18.4. The van der Waals surface area contributed by atoms with Gasteiger partial charge in [0.05, 0.1) is 5.52 Å². The highest BCUT2D eigenvalue weighted by Crippen LogP contribution is 2.37. The Labute approximate surface area is 187 Å². The molecule has 2 aromatic carbocycles. The van der Waals surface area contributed by atoms with E-state index in [9.17, 15) is 4.79 Å². The molecule has 0 saturated heterocycles. The van der Waals surface area contributed by atoms with Gasteiger partial charge in [-0.1, -0.05) is 43.7 Å². The molecule has 4 aromatic rings. The van der Waals surface area contributed by atoms with Crippen molar-refractivity contribution in [1.82, 2.24) is 9.97 Å². The number of pyridine rings is 1. The molecule has 0 atom stereocenters. The largest absolute Gasteiger partial charge is 0.326 e. The smallest absolute Gasteiger partial charge is 0.178 e. The summed E-state index contributed by atoms with van der Waals surface area (Å²) in [5, 5.41) is 3.72. The molecule has 2 aromatic heterocycles. The van der Waals surface area contributed by atoms with Crippen LogP contribution in [0, 0.1) is 12.8 Å². The summed E-state index contributed by atoms with van der Waals surface area (Å²) < 4.78 is 0. The second-order valence-corrected chi connectivity index (χ2v) is 9.26. The lowest BCUT2D eigenvalue weighted by atomic mass is 9.90. The first-order chi connectivity index (χ1) is 14.9. The van der Waals surface area contributed by atoms with E-state index < -0.39 is 0 Å². The van der Waals surface area contributed by atoms with Gasteiger partial charge in [-0.15, -0.1) is 11.3 Å². The van der Waals surface area contributed by atoms with E-state index in [1.165, 1.54) is 16.9 Å². The maximum Gasteiger partial charge on any atom is 0.178 e. The fourth-order valence-electron chi connectivity index (χ4n) is 3.88. The SMILES string of the molecule is CC(=O)c1csc(-c2ccc3nc(CC(C)C)c(CN)c(-c4ccc(C)cc4)c3c2)n1. The van der Waals surface area contributed by atoms with Gasteiger partial charge in [0.2, 0.25) is 0 Å². The van der Waals surface area contributed by atoms with Gasteiger partial charge in [-0.2, -0.15) is 0 Å². The number of hydrogen-bond acceptors (Lipinski definition) is 5. The second kappa shape index (κ2) is 8.69. The van der Waals surface area contributed by atoms with E-state index in [2.05, 4.69) is 62.2 Å². The molecule has 0 aliphatic rings. The Hall–Kier alpha value is -2.89.